The van der Waals surface area contributed by atoms with Crippen molar-refractivity contribution in [3.05, 3.63) is 47.9 Å². The quantitative estimate of drug-likeness (QED) is 0.765. The second kappa shape index (κ2) is 4.94. The molecule has 0 aliphatic heterocycles. The molecule has 0 radical (unpaired) electrons. The standard InChI is InChI=1S/C12H11ClN2O/c1-9-3-2-4-11(5-9)16-12-8-14-7-10(6-13)15-12/h2-5,7-8H,6H2,1H3. The maximum absolute atomic E-state index is 5.67. The summed E-state index contributed by atoms with van der Waals surface area (Å²) in [6.07, 6.45) is 3.19. The molecule has 0 amide bonds. The average Bonchev–Trinajstić information content (AvgIpc) is 2.29. The van der Waals surface area contributed by atoms with Crippen molar-refractivity contribution in [1.82, 2.24) is 9.97 Å². The number of alkyl halides is 1. The predicted octanol–water partition coefficient (Wildman–Crippen LogP) is 3.32. The van der Waals surface area contributed by atoms with Crippen LogP contribution in [0.5, 0.6) is 11.6 Å². The van der Waals surface area contributed by atoms with Crippen molar-refractivity contribution in [2.24, 2.45) is 0 Å². The molecule has 0 aliphatic carbocycles. The number of halogens is 1. The molecule has 0 bridgehead atoms. The Kier molecular flexibility index (Phi) is 3.37. The molecule has 2 aromatic rings. The molecular weight excluding hydrogens is 224 g/mol. The van der Waals surface area contributed by atoms with Gasteiger partial charge in [-0.3, -0.25) is 4.98 Å². The van der Waals surface area contributed by atoms with Crippen LogP contribution in [0.3, 0.4) is 0 Å². The number of aryl methyl sites for hydroxylation is 1. The van der Waals surface area contributed by atoms with Gasteiger partial charge in [0, 0.05) is 6.20 Å². The van der Waals surface area contributed by atoms with Gasteiger partial charge in [-0.1, -0.05) is 12.1 Å². The molecular formula is C12H11ClN2O. The first-order valence-electron chi connectivity index (χ1n) is 4.89. The summed E-state index contributed by atoms with van der Waals surface area (Å²) in [6, 6.07) is 7.76. The summed E-state index contributed by atoms with van der Waals surface area (Å²) >= 11 is 5.67. The van der Waals surface area contributed by atoms with Crippen molar-refractivity contribution in [3.63, 3.8) is 0 Å². The second-order valence-electron chi connectivity index (χ2n) is 3.40. The molecule has 0 atom stereocenters. The van der Waals surface area contributed by atoms with E-state index in [-0.39, 0.29) is 0 Å². The third-order valence-electron chi connectivity index (χ3n) is 2.01. The minimum atomic E-state index is 0.331. The molecule has 0 fully saturated rings. The maximum atomic E-state index is 5.67. The summed E-state index contributed by atoms with van der Waals surface area (Å²) < 4.78 is 5.57. The second-order valence-corrected chi connectivity index (χ2v) is 3.67. The van der Waals surface area contributed by atoms with Crippen molar-refractivity contribution < 1.29 is 4.74 Å². The van der Waals surface area contributed by atoms with Gasteiger partial charge in [0.1, 0.15) is 5.75 Å². The highest BCUT2D eigenvalue weighted by Gasteiger charge is 2.00. The first-order chi connectivity index (χ1) is 7.78. The van der Waals surface area contributed by atoms with Crippen LogP contribution < -0.4 is 4.74 Å². The highest BCUT2D eigenvalue weighted by molar-refractivity contribution is 6.16. The van der Waals surface area contributed by atoms with Gasteiger partial charge < -0.3 is 4.74 Å². The minimum absolute atomic E-state index is 0.331. The van der Waals surface area contributed by atoms with Gasteiger partial charge in [0.25, 0.3) is 0 Å². The van der Waals surface area contributed by atoms with Crippen LogP contribution in [-0.4, -0.2) is 9.97 Å². The molecule has 16 heavy (non-hydrogen) atoms. The van der Waals surface area contributed by atoms with Crippen molar-refractivity contribution in [1.29, 1.82) is 0 Å². The summed E-state index contributed by atoms with van der Waals surface area (Å²) in [5.74, 6) is 1.54. The summed E-state index contributed by atoms with van der Waals surface area (Å²) in [5, 5.41) is 0. The topological polar surface area (TPSA) is 35.0 Å². The van der Waals surface area contributed by atoms with E-state index in [0.29, 0.717) is 17.5 Å². The lowest BCUT2D eigenvalue weighted by atomic mass is 10.2. The largest absolute Gasteiger partial charge is 0.437 e. The molecule has 0 aliphatic rings. The van der Waals surface area contributed by atoms with Gasteiger partial charge in [0.05, 0.1) is 17.8 Å². The fraction of sp³-hybridized carbons (Fsp3) is 0.167. The summed E-state index contributed by atoms with van der Waals surface area (Å²) in [6.45, 7) is 2.01. The van der Waals surface area contributed by atoms with Crippen LogP contribution in [0.4, 0.5) is 0 Å². The Hall–Kier alpha value is -1.61. The Bertz CT molecular complexity index is 488. The van der Waals surface area contributed by atoms with Gasteiger partial charge in [-0.15, -0.1) is 11.6 Å². The maximum Gasteiger partial charge on any atom is 0.238 e. The van der Waals surface area contributed by atoms with Gasteiger partial charge in [-0.25, -0.2) is 4.98 Å². The Balaban J connectivity index is 2.20. The van der Waals surface area contributed by atoms with Crippen molar-refractivity contribution >= 4 is 11.6 Å². The Morgan fingerprint density at radius 2 is 2.19 bits per heavy atom. The zero-order chi connectivity index (χ0) is 11.4. The van der Waals surface area contributed by atoms with E-state index in [1.807, 2.05) is 31.2 Å². The van der Waals surface area contributed by atoms with Gasteiger partial charge >= 0.3 is 0 Å². The van der Waals surface area contributed by atoms with Gasteiger partial charge in [0.15, 0.2) is 0 Å². The van der Waals surface area contributed by atoms with E-state index in [1.54, 1.807) is 12.4 Å². The normalized spacial score (nSPS) is 10.1. The number of aromatic nitrogens is 2. The monoisotopic (exact) mass is 234 g/mol. The first kappa shape index (κ1) is 10.9. The fourth-order valence-corrected chi connectivity index (χ4v) is 1.43. The van der Waals surface area contributed by atoms with E-state index in [1.165, 1.54) is 0 Å². The number of hydrogen-bond acceptors (Lipinski definition) is 3. The minimum Gasteiger partial charge on any atom is -0.437 e. The molecule has 1 heterocycles. The van der Waals surface area contributed by atoms with E-state index < -0.39 is 0 Å². The lowest BCUT2D eigenvalue weighted by molar-refractivity contribution is 0.458. The Morgan fingerprint density at radius 3 is 2.94 bits per heavy atom. The molecule has 0 saturated carbocycles. The van der Waals surface area contributed by atoms with Crippen LogP contribution >= 0.6 is 11.6 Å². The van der Waals surface area contributed by atoms with Crippen molar-refractivity contribution in [2.45, 2.75) is 12.8 Å². The fourth-order valence-electron chi connectivity index (χ4n) is 1.30. The van der Waals surface area contributed by atoms with Gasteiger partial charge in [-0.2, -0.15) is 0 Å². The van der Waals surface area contributed by atoms with E-state index in [0.717, 1.165) is 11.3 Å². The number of hydrogen-bond donors (Lipinski definition) is 0. The van der Waals surface area contributed by atoms with Crippen LogP contribution in [0, 0.1) is 6.92 Å². The highest BCUT2D eigenvalue weighted by atomic mass is 35.5. The van der Waals surface area contributed by atoms with Gasteiger partial charge in [0.2, 0.25) is 5.88 Å². The molecule has 0 saturated heterocycles. The molecule has 4 heteroatoms. The summed E-state index contributed by atoms with van der Waals surface area (Å²) in [5.41, 5.74) is 1.84. The van der Waals surface area contributed by atoms with Crippen LogP contribution in [-0.2, 0) is 5.88 Å². The van der Waals surface area contributed by atoms with Crippen LogP contribution in [0.25, 0.3) is 0 Å². The Labute approximate surface area is 99.1 Å². The SMILES string of the molecule is Cc1cccc(Oc2cncc(CCl)n2)c1. The van der Waals surface area contributed by atoms with Crippen LogP contribution in [0.15, 0.2) is 36.7 Å². The lowest BCUT2D eigenvalue weighted by Crippen LogP contribution is -1.93. The first-order valence-corrected chi connectivity index (χ1v) is 5.43. The van der Waals surface area contributed by atoms with E-state index >= 15 is 0 Å². The molecule has 82 valence electrons. The molecule has 3 nitrogen and oxygen atoms in total. The number of rotatable bonds is 3. The molecule has 0 spiro atoms. The third-order valence-corrected chi connectivity index (χ3v) is 2.29. The zero-order valence-electron chi connectivity index (χ0n) is 8.85. The van der Waals surface area contributed by atoms with Crippen molar-refractivity contribution in [2.75, 3.05) is 0 Å². The van der Waals surface area contributed by atoms with E-state index in [4.69, 9.17) is 16.3 Å². The van der Waals surface area contributed by atoms with Crippen LogP contribution in [0.1, 0.15) is 11.3 Å². The predicted molar refractivity (Wildman–Crippen MR) is 62.8 cm³/mol. The smallest absolute Gasteiger partial charge is 0.238 e. The zero-order valence-corrected chi connectivity index (χ0v) is 9.61. The lowest BCUT2D eigenvalue weighted by Gasteiger charge is -2.05. The number of ether oxygens (including phenoxy) is 1. The summed E-state index contributed by atoms with van der Waals surface area (Å²) in [7, 11) is 0. The van der Waals surface area contributed by atoms with Crippen LogP contribution in [0.2, 0.25) is 0 Å². The Morgan fingerprint density at radius 1 is 1.31 bits per heavy atom. The van der Waals surface area contributed by atoms with Gasteiger partial charge in [-0.05, 0) is 24.6 Å². The summed E-state index contributed by atoms with van der Waals surface area (Å²) in [4.78, 5) is 8.20. The van der Waals surface area contributed by atoms with E-state index in [2.05, 4.69) is 9.97 Å². The van der Waals surface area contributed by atoms with E-state index in [9.17, 15) is 0 Å². The number of benzene rings is 1. The average molecular weight is 235 g/mol. The number of nitrogens with zero attached hydrogens (tertiary/aromatic N) is 2. The molecule has 0 unspecified atom stereocenters. The highest BCUT2D eigenvalue weighted by Crippen LogP contribution is 2.19. The van der Waals surface area contributed by atoms with Crippen molar-refractivity contribution in [3.8, 4) is 11.6 Å². The molecule has 1 aromatic carbocycles. The molecule has 1 aromatic heterocycles. The molecule has 0 N–H and O–H groups in total. The third kappa shape index (κ3) is 2.70. The molecule has 2 rings (SSSR count).